The number of nitrogens with one attached hydrogen (secondary N) is 2. The van der Waals surface area contributed by atoms with E-state index in [9.17, 15) is 4.79 Å². The highest BCUT2D eigenvalue weighted by atomic mass is 16.1. The van der Waals surface area contributed by atoms with Crippen molar-refractivity contribution in [3.63, 3.8) is 0 Å². The monoisotopic (exact) mass is 370 g/mol. The van der Waals surface area contributed by atoms with Crippen LogP contribution in [0.1, 0.15) is 28.4 Å². The minimum Gasteiger partial charge on any atom is -0.352 e. The van der Waals surface area contributed by atoms with Gasteiger partial charge in [-0.1, -0.05) is 35.9 Å². The van der Waals surface area contributed by atoms with Gasteiger partial charge in [-0.15, -0.1) is 0 Å². The summed E-state index contributed by atoms with van der Waals surface area (Å²) in [5, 5.41) is 11.3. The van der Waals surface area contributed by atoms with Crippen molar-refractivity contribution in [3.8, 4) is 22.5 Å². The summed E-state index contributed by atoms with van der Waals surface area (Å²) in [5.74, 6) is -0.0775. The van der Waals surface area contributed by atoms with E-state index in [1.54, 1.807) is 0 Å². The summed E-state index contributed by atoms with van der Waals surface area (Å²) in [6, 6.07) is 18.0. The Morgan fingerprint density at radius 2 is 1.82 bits per heavy atom. The molecule has 4 aromatic rings. The summed E-state index contributed by atoms with van der Waals surface area (Å²) in [7, 11) is 0. The molecule has 0 aliphatic carbocycles. The molecule has 0 saturated carbocycles. The number of aryl methyl sites for hydroxylation is 2. The number of H-pyrrole nitrogens is 1. The van der Waals surface area contributed by atoms with E-state index in [2.05, 4.69) is 46.7 Å². The van der Waals surface area contributed by atoms with Crippen molar-refractivity contribution in [3.05, 3.63) is 71.3 Å². The Balaban J connectivity index is 1.76. The molecule has 2 N–H and O–H groups in total. The van der Waals surface area contributed by atoms with Crippen molar-refractivity contribution in [1.82, 2.24) is 20.5 Å². The Bertz CT molecular complexity index is 1160. The van der Waals surface area contributed by atoms with Crippen LogP contribution in [0.25, 0.3) is 33.5 Å². The highest BCUT2D eigenvalue weighted by Gasteiger charge is 2.13. The number of fused-ring (bicyclic) bond motifs is 1. The number of hydrogen-bond acceptors (Lipinski definition) is 3. The number of rotatable bonds is 4. The summed E-state index contributed by atoms with van der Waals surface area (Å²) in [6.07, 6.45) is 0. The fourth-order valence-corrected chi connectivity index (χ4v) is 3.29. The molecule has 140 valence electrons. The van der Waals surface area contributed by atoms with Gasteiger partial charge >= 0.3 is 0 Å². The minimum absolute atomic E-state index is 0.0775. The number of pyridine rings is 1. The number of carbonyl (C=O) groups excluding carboxylic acids is 1. The Hall–Kier alpha value is -3.47. The average molecular weight is 370 g/mol. The van der Waals surface area contributed by atoms with E-state index in [0.717, 1.165) is 33.5 Å². The van der Waals surface area contributed by atoms with Crippen LogP contribution in [0.15, 0.2) is 54.6 Å². The lowest BCUT2D eigenvalue weighted by molar-refractivity contribution is 0.0956. The van der Waals surface area contributed by atoms with Gasteiger partial charge in [0, 0.05) is 28.6 Å². The Kier molecular flexibility index (Phi) is 4.65. The maximum Gasteiger partial charge on any atom is 0.251 e. The largest absolute Gasteiger partial charge is 0.352 e. The first-order chi connectivity index (χ1) is 13.6. The number of nitrogens with zero attached hydrogens (tertiary/aromatic N) is 2. The second-order valence-electron chi connectivity index (χ2n) is 6.92. The molecule has 1 amide bonds. The van der Waals surface area contributed by atoms with Crippen LogP contribution in [0.5, 0.6) is 0 Å². The molecule has 0 saturated heterocycles. The molecule has 0 bridgehead atoms. The molecule has 0 fully saturated rings. The van der Waals surface area contributed by atoms with Crippen LogP contribution >= 0.6 is 0 Å². The normalized spacial score (nSPS) is 11.0. The highest BCUT2D eigenvalue weighted by molar-refractivity contribution is 5.96. The molecule has 2 heterocycles. The van der Waals surface area contributed by atoms with Crippen molar-refractivity contribution in [1.29, 1.82) is 0 Å². The SMILES string of the molecule is CCNC(=O)c1ccc(C)c(-c2ccc3c(-c4ccc(C)cc4)[nH]nc3n2)c1. The van der Waals surface area contributed by atoms with E-state index in [4.69, 9.17) is 4.98 Å². The van der Waals surface area contributed by atoms with E-state index in [1.807, 2.05) is 44.2 Å². The van der Waals surface area contributed by atoms with Crippen molar-refractivity contribution < 1.29 is 4.79 Å². The van der Waals surface area contributed by atoms with Crippen LogP contribution in [0.2, 0.25) is 0 Å². The van der Waals surface area contributed by atoms with E-state index < -0.39 is 0 Å². The Morgan fingerprint density at radius 1 is 1.04 bits per heavy atom. The fourth-order valence-electron chi connectivity index (χ4n) is 3.29. The molecule has 0 atom stereocenters. The van der Waals surface area contributed by atoms with Crippen molar-refractivity contribution in [2.45, 2.75) is 20.8 Å². The van der Waals surface area contributed by atoms with Crippen molar-refractivity contribution in [2.24, 2.45) is 0 Å². The van der Waals surface area contributed by atoms with Gasteiger partial charge in [-0.3, -0.25) is 9.89 Å². The molecule has 0 aliphatic heterocycles. The minimum atomic E-state index is -0.0775. The molecular weight excluding hydrogens is 348 g/mol. The fraction of sp³-hybridized carbons (Fsp3) is 0.174. The van der Waals surface area contributed by atoms with Crippen LogP contribution in [-0.4, -0.2) is 27.6 Å². The maximum absolute atomic E-state index is 12.2. The van der Waals surface area contributed by atoms with Crippen LogP contribution in [0, 0.1) is 13.8 Å². The summed E-state index contributed by atoms with van der Waals surface area (Å²) in [6.45, 7) is 6.60. The first-order valence-electron chi connectivity index (χ1n) is 9.38. The molecule has 4 rings (SSSR count). The summed E-state index contributed by atoms with van der Waals surface area (Å²) in [4.78, 5) is 16.9. The van der Waals surface area contributed by atoms with Crippen LogP contribution in [0.4, 0.5) is 0 Å². The molecule has 28 heavy (non-hydrogen) atoms. The molecule has 0 aliphatic rings. The number of amides is 1. The number of aromatic amines is 1. The van der Waals surface area contributed by atoms with Gasteiger partial charge in [0.1, 0.15) is 0 Å². The molecule has 0 unspecified atom stereocenters. The lowest BCUT2D eigenvalue weighted by atomic mass is 10.0. The third-order valence-electron chi connectivity index (χ3n) is 4.87. The van der Waals surface area contributed by atoms with E-state index in [0.29, 0.717) is 17.8 Å². The van der Waals surface area contributed by atoms with Gasteiger partial charge in [-0.25, -0.2) is 4.98 Å². The second-order valence-corrected chi connectivity index (χ2v) is 6.92. The van der Waals surface area contributed by atoms with Crippen LogP contribution in [0.3, 0.4) is 0 Å². The van der Waals surface area contributed by atoms with Crippen LogP contribution in [-0.2, 0) is 0 Å². The van der Waals surface area contributed by atoms with Gasteiger partial charge in [0.15, 0.2) is 5.65 Å². The van der Waals surface area contributed by atoms with Crippen LogP contribution < -0.4 is 5.32 Å². The molecule has 2 aromatic carbocycles. The predicted octanol–water partition coefficient (Wildman–Crippen LogP) is 4.66. The first kappa shape index (κ1) is 17.9. The zero-order valence-corrected chi connectivity index (χ0v) is 16.2. The summed E-state index contributed by atoms with van der Waals surface area (Å²) in [5.41, 5.74) is 7.36. The zero-order valence-electron chi connectivity index (χ0n) is 16.2. The van der Waals surface area contributed by atoms with E-state index in [-0.39, 0.29) is 5.91 Å². The smallest absolute Gasteiger partial charge is 0.251 e. The molecule has 0 spiro atoms. The first-order valence-corrected chi connectivity index (χ1v) is 9.38. The summed E-state index contributed by atoms with van der Waals surface area (Å²) >= 11 is 0. The maximum atomic E-state index is 12.2. The number of hydrogen-bond donors (Lipinski definition) is 2. The predicted molar refractivity (Wildman–Crippen MR) is 112 cm³/mol. The number of benzene rings is 2. The molecule has 0 radical (unpaired) electrons. The van der Waals surface area contributed by atoms with Gasteiger partial charge in [0.2, 0.25) is 0 Å². The summed E-state index contributed by atoms with van der Waals surface area (Å²) < 4.78 is 0. The average Bonchev–Trinajstić information content (AvgIpc) is 3.12. The van der Waals surface area contributed by atoms with Gasteiger partial charge in [0.05, 0.1) is 11.4 Å². The third kappa shape index (κ3) is 3.27. The second kappa shape index (κ2) is 7.27. The highest BCUT2D eigenvalue weighted by Crippen LogP contribution is 2.29. The zero-order chi connectivity index (χ0) is 19.7. The molecule has 2 aromatic heterocycles. The number of carbonyl (C=O) groups is 1. The standard InChI is InChI=1S/C23H22N4O/c1-4-24-23(28)17-10-7-15(3)19(13-17)20-12-11-18-21(26-27-22(18)25-20)16-8-5-14(2)6-9-16/h5-13H,4H2,1-3H3,(H,24,28)(H,25,26,27). The third-order valence-corrected chi connectivity index (χ3v) is 4.87. The molecule has 5 nitrogen and oxygen atoms in total. The molecule has 5 heteroatoms. The Morgan fingerprint density at radius 3 is 2.57 bits per heavy atom. The lowest BCUT2D eigenvalue weighted by Gasteiger charge is -2.09. The lowest BCUT2D eigenvalue weighted by Crippen LogP contribution is -2.22. The van der Waals surface area contributed by atoms with Gasteiger partial charge < -0.3 is 5.32 Å². The molecular formula is C23H22N4O. The van der Waals surface area contributed by atoms with Crippen molar-refractivity contribution in [2.75, 3.05) is 6.54 Å². The van der Waals surface area contributed by atoms with Gasteiger partial charge in [-0.2, -0.15) is 5.10 Å². The Labute approximate surface area is 163 Å². The van der Waals surface area contributed by atoms with E-state index >= 15 is 0 Å². The topological polar surface area (TPSA) is 70.7 Å². The van der Waals surface area contributed by atoms with E-state index in [1.165, 1.54) is 5.56 Å². The number of aromatic nitrogens is 3. The quantitative estimate of drug-likeness (QED) is 0.549. The van der Waals surface area contributed by atoms with Crippen molar-refractivity contribution >= 4 is 16.9 Å². The van der Waals surface area contributed by atoms with Gasteiger partial charge in [-0.05, 0) is 50.6 Å². The van der Waals surface area contributed by atoms with Gasteiger partial charge in [0.25, 0.3) is 5.91 Å².